The van der Waals surface area contributed by atoms with E-state index in [0.29, 0.717) is 12.1 Å². The van der Waals surface area contributed by atoms with Crippen LogP contribution in [-0.4, -0.2) is 0 Å². The van der Waals surface area contributed by atoms with E-state index in [-0.39, 0.29) is 24.0 Å². The van der Waals surface area contributed by atoms with E-state index in [1.54, 1.807) is 0 Å². The van der Waals surface area contributed by atoms with Crippen molar-refractivity contribution in [2.75, 3.05) is 0 Å². The van der Waals surface area contributed by atoms with Crippen molar-refractivity contribution in [2.45, 2.75) is 25.3 Å². The topological polar surface area (TPSA) is 26.0 Å². The molecular weight excluding hydrogens is 284 g/mol. The molecule has 0 aliphatic rings. The minimum absolute atomic E-state index is 0. The fourth-order valence-corrected chi connectivity index (χ4v) is 1.24. The Morgan fingerprint density at radius 2 is 1.22 bits per heavy atom. The van der Waals surface area contributed by atoms with Gasteiger partial charge >= 0.3 is 12.4 Å². The third kappa shape index (κ3) is 4.06. The van der Waals surface area contributed by atoms with Gasteiger partial charge in [-0.05, 0) is 30.7 Å². The van der Waals surface area contributed by atoms with Crippen molar-refractivity contribution >= 4 is 12.4 Å². The molecule has 104 valence electrons. The Labute approximate surface area is 105 Å². The van der Waals surface area contributed by atoms with Crippen molar-refractivity contribution < 1.29 is 26.3 Å². The highest BCUT2D eigenvalue weighted by molar-refractivity contribution is 5.85. The molecule has 18 heavy (non-hydrogen) atoms. The highest BCUT2D eigenvalue weighted by Gasteiger charge is 2.37. The lowest BCUT2D eigenvalue weighted by Crippen LogP contribution is -2.14. The molecule has 0 amide bonds. The Kier molecular flexibility index (Phi) is 5.07. The van der Waals surface area contributed by atoms with Gasteiger partial charge in [0.1, 0.15) is 0 Å². The number of nitrogens with two attached hydrogens (primary N) is 1. The van der Waals surface area contributed by atoms with Crippen LogP contribution in [0.5, 0.6) is 0 Å². The molecule has 8 heteroatoms. The summed E-state index contributed by atoms with van der Waals surface area (Å²) >= 11 is 0. The Balaban J connectivity index is 0.00000289. The Hall–Kier alpha value is -0.950. The number of alkyl halides is 6. The van der Waals surface area contributed by atoms with Crippen LogP contribution < -0.4 is 5.73 Å². The van der Waals surface area contributed by atoms with Crippen molar-refractivity contribution in [3.05, 3.63) is 34.9 Å². The summed E-state index contributed by atoms with van der Waals surface area (Å²) in [6.45, 7) is 1.32. The molecule has 0 heterocycles. The lowest BCUT2D eigenvalue weighted by atomic mass is 10.0. The normalized spacial score (nSPS) is 14.0. The average Bonchev–Trinajstić information content (AvgIpc) is 2.14. The molecule has 0 aromatic heterocycles. The largest absolute Gasteiger partial charge is 0.416 e. The van der Waals surface area contributed by atoms with Gasteiger partial charge in [0.2, 0.25) is 0 Å². The van der Waals surface area contributed by atoms with E-state index in [1.165, 1.54) is 6.92 Å². The van der Waals surface area contributed by atoms with E-state index in [1.807, 2.05) is 0 Å². The zero-order chi connectivity index (χ0) is 13.4. The van der Waals surface area contributed by atoms with E-state index < -0.39 is 29.5 Å². The van der Waals surface area contributed by atoms with Gasteiger partial charge in [0, 0.05) is 6.04 Å². The first-order valence-electron chi connectivity index (χ1n) is 4.57. The van der Waals surface area contributed by atoms with Crippen LogP contribution in [0, 0.1) is 0 Å². The first-order chi connectivity index (χ1) is 7.51. The fraction of sp³-hybridized carbons (Fsp3) is 0.400. The molecule has 0 saturated heterocycles. The summed E-state index contributed by atoms with van der Waals surface area (Å²) in [4.78, 5) is 0. The summed E-state index contributed by atoms with van der Waals surface area (Å²) in [7, 11) is 0. The van der Waals surface area contributed by atoms with Crippen LogP contribution in [-0.2, 0) is 12.4 Å². The molecule has 1 rings (SSSR count). The molecule has 0 aliphatic heterocycles. The van der Waals surface area contributed by atoms with Crippen molar-refractivity contribution in [3.63, 3.8) is 0 Å². The smallest absolute Gasteiger partial charge is 0.324 e. The predicted octanol–water partition coefficient (Wildman–Crippen LogP) is 4.17. The number of halogens is 7. The molecule has 0 unspecified atom stereocenters. The van der Waals surface area contributed by atoms with Gasteiger partial charge in [-0.2, -0.15) is 26.3 Å². The van der Waals surface area contributed by atoms with Gasteiger partial charge in [-0.3, -0.25) is 0 Å². The van der Waals surface area contributed by atoms with Gasteiger partial charge in [0.25, 0.3) is 0 Å². The van der Waals surface area contributed by atoms with Gasteiger partial charge in [-0.25, -0.2) is 0 Å². The molecule has 1 aromatic rings. The quantitative estimate of drug-likeness (QED) is 0.773. The van der Waals surface area contributed by atoms with Crippen molar-refractivity contribution in [1.82, 2.24) is 0 Å². The Morgan fingerprint density at radius 3 is 1.44 bits per heavy atom. The zero-order valence-electron chi connectivity index (χ0n) is 9.06. The lowest BCUT2D eigenvalue weighted by molar-refractivity contribution is -0.143. The molecule has 1 nitrogen and oxygen atoms in total. The maximum absolute atomic E-state index is 12.4. The summed E-state index contributed by atoms with van der Waals surface area (Å²) in [6, 6.07) is 0.421. The van der Waals surface area contributed by atoms with Crippen molar-refractivity contribution in [2.24, 2.45) is 5.73 Å². The Morgan fingerprint density at radius 1 is 0.889 bits per heavy atom. The second-order valence-corrected chi connectivity index (χ2v) is 3.63. The molecule has 1 atom stereocenters. The minimum atomic E-state index is -4.83. The van der Waals surface area contributed by atoms with Crippen LogP contribution in [0.25, 0.3) is 0 Å². The summed E-state index contributed by atoms with van der Waals surface area (Å²) in [5.74, 6) is 0. The third-order valence-electron chi connectivity index (χ3n) is 2.14. The zero-order valence-corrected chi connectivity index (χ0v) is 9.88. The first kappa shape index (κ1) is 17.1. The van der Waals surface area contributed by atoms with Crippen LogP contribution in [0.2, 0.25) is 0 Å². The van der Waals surface area contributed by atoms with Gasteiger partial charge in [-0.1, -0.05) is 0 Å². The predicted molar refractivity (Wildman–Crippen MR) is 56.3 cm³/mol. The fourth-order valence-electron chi connectivity index (χ4n) is 1.24. The summed E-state index contributed by atoms with van der Waals surface area (Å²) in [5, 5.41) is 0. The molecule has 1 aromatic carbocycles. The van der Waals surface area contributed by atoms with Gasteiger partial charge in [-0.15, -0.1) is 12.4 Å². The number of benzene rings is 1. The number of hydrogen-bond acceptors (Lipinski definition) is 1. The first-order valence-corrected chi connectivity index (χ1v) is 4.57. The molecular formula is C10H10ClF6N. The minimum Gasteiger partial charge on any atom is -0.324 e. The molecule has 0 fully saturated rings. The molecule has 0 saturated carbocycles. The monoisotopic (exact) mass is 293 g/mol. The van der Waals surface area contributed by atoms with Crippen LogP contribution >= 0.6 is 12.4 Å². The third-order valence-corrected chi connectivity index (χ3v) is 2.14. The van der Waals surface area contributed by atoms with E-state index in [9.17, 15) is 26.3 Å². The average molecular weight is 294 g/mol. The van der Waals surface area contributed by atoms with Gasteiger partial charge in [0.15, 0.2) is 0 Å². The van der Waals surface area contributed by atoms with Crippen LogP contribution in [0.4, 0.5) is 26.3 Å². The van der Waals surface area contributed by atoms with Crippen molar-refractivity contribution in [1.29, 1.82) is 0 Å². The molecule has 0 radical (unpaired) electrons. The van der Waals surface area contributed by atoms with Gasteiger partial charge < -0.3 is 5.73 Å². The molecule has 0 bridgehead atoms. The standard InChI is InChI=1S/C10H9F6N.ClH/c1-5(17)6-2-7(9(11,12)13)4-8(3-6)10(14,15)16;/h2-5H,17H2,1H3;1H/t5-;/m0./s1. The summed E-state index contributed by atoms with van der Waals surface area (Å²) < 4.78 is 74.3. The second-order valence-electron chi connectivity index (χ2n) is 3.63. The maximum Gasteiger partial charge on any atom is 0.416 e. The van der Waals surface area contributed by atoms with E-state index >= 15 is 0 Å². The number of rotatable bonds is 1. The van der Waals surface area contributed by atoms with E-state index in [0.717, 1.165) is 0 Å². The molecule has 0 aliphatic carbocycles. The van der Waals surface area contributed by atoms with Crippen LogP contribution in [0.15, 0.2) is 18.2 Å². The van der Waals surface area contributed by atoms with Gasteiger partial charge in [0.05, 0.1) is 11.1 Å². The molecule has 2 N–H and O–H groups in total. The maximum atomic E-state index is 12.4. The Bertz CT molecular complexity index is 378. The summed E-state index contributed by atoms with van der Waals surface area (Å²) in [6.07, 6.45) is -9.66. The number of hydrogen-bond donors (Lipinski definition) is 1. The van der Waals surface area contributed by atoms with E-state index in [4.69, 9.17) is 5.73 Å². The molecule has 0 spiro atoms. The highest BCUT2D eigenvalue weighted by Crippen LogP contribution is 2.37. The summed E-state index contributed by atoms with van der Waals surface area (Å²) in [5.41, 5.74) is 2.41. The van der Waals surface area contributed by atoms with E-state index in [2.05, 4.69) is 0 Å². The van der Waals surface area contributed by atoms with Crippen LogP contribution in [0.3, 0.4) is 0 Å². The lowest BCUT2D eigenvalue weighted by Gasteiger charge is -2.15. The second kappa shape index (κ2) is 5.36. The van der Waals surface area contributed by atoms with Crippen LogP contribution in [0.1, 0.15) is 29.7 Å². The van der Waals surface area contributed by atoms with Crippen molar-refractivity contribution in [3.8, 4) is 0 Å². The SMILES string of the molecule is C[C@H](N)c1cc(C(F)(F)F)cc(C(F)(F)F)c1.Cl. The highest BCUT2D eigenvalue weighted by atomic mass is 35.5.